The lowest BCUT2D eigenvalue weighted by Crippen LogP contribution is -2.52. The van der Waals surface area contributed by atoms with E-state index in [2.05, 4.69) is 20.8 Å². The van der Waals surface area contributed by atoms with Crippen LogP contribution in [-0.4, -0.2) is 44.4 Å². The SMILES string of the molecule is CCCC[N+](CCCC)(CCCC)CCOC. The molecule has 0 radical (unpaired) electrons. The van der Waals surface area contributed by atoms with Crippen molar-refractivity contribution < 1.29 is 9.22 Å². The minimum atomic E-state index is 0.914. The number of hydrogen-bond acceptors (Lipinski definition) is 1. The van der Waals surface area contributed by atoms with Gasteiger partial charge in [-0.2, -0.15) is 0 Å². The second-order valence-corrected chi connectivity index (χ2v) is 5.29. The summed E-state index contributed by atoms with van der Waals surface area (Å²) in [5.41, 5.74) is 0. The number of methoxy groups -OCH3 is 1. The van der Waals surface area contributed by atoms with Crippen LogP contribution in [0.4, 0.5) is 0 Å². The fraction of sp³-hybridized carbons (Fsp3) is 1.00. The summed E-state index contributed by atoms with van der Waals surface area (Å²) < 4.78 is 6.62. The zero-order chi connectivity index (χ0) is 13.0. The van der Waals surface area contributed by atoms with Crippen LogP contribution in [0, 0.1) is 0 Å². The first kappa shape index (κ1) is 16.9. The third-order valence-corrected chi connectivity index (χ3v) is 3.73. The molecule has 0 aromatic heterocycles. The van der Waals surface area contributed by atoms with E-state index >= 15 is 0 Å². The van der Waals surface area contributed by atoms with Crippen LogP contribution in [0.1, 0.15) is 59.3 Å². The van der Waals surface area contributed by atoms with Gasteiger partial charge in [-0.15, -0.1) is 0 Å². The molecule has 0 aliphatic heterocycles. The van der Waals surface area contributed by atoms with E-state index in [9.17, 15) is 0 Å². The molecule has 0 N–H and O–H groups in total. The molecular weight excluding hydrogens is 210 g/mol. The Bertz CT molecular complexity index is 121. The summed E-state index contributed by atoms with van der Waals surface area (Å²) in [5, 5.41) is 0. The Morgan fingerprint density at radius 3 is 1.41 bits per heavy atom. The Balaban J connectivity index is 4.39. The minimum absolute atomic E-state index is 0.914. The topological polar surface area (TPSA) is 9.23 Å². The molecule has 0 saturated carbocycles. The maximum Gasteiger partial charge on any atom is 0.102 e. The van der Waals surface area contributed by atoms with Gasteiger partial charge in [0.15, 0.2) is 0 Å². The van der Waals surface area contributed by atoms with Gasteiger partial charge in [0.05, 0.1) is 26.2 Å². The molecule has 0 unspecified atom stereocenters. The Morgan fingerprint density at radius 2 is 1.12 bits per heavy atom. The molecule has 0 amide bonds. The molecule has 0 atom stereocenters. The van der Waals surface area contributed by atoms with Gasteiger partial charge in [-0.1, -0.05) is 40.0 Å². The van der Waals surface area contributed by atoms with Crippen molar-refractivity contribution in [3.63, 3.8) is 0 Å². The van der Waals surface area contributed by atoms with Crippen LogP contribution in [0.5, 0.6) is 0 Å². The lowest BCUT2D eigenvalue weighted by molar-refractivity contribution is -0.929. The molecule has 0 aliphatic carbocycles. The van der Waals surface area contributed by atoms with Gasteiger partial charge in [-0.3, -0.25) is 0 Å². The quantitative estimate of drug-likeness (QED) is 0.474. The first-order valence-corrected chi connectivity index (χ1v) is 7.58. The average molecular weight is 244 g/mol. The van der Waals surface area contributed by atoms with E-state index in [1.54, 1.807) is 0 Å². The highest BCUT2D eigenvalue weighted by atomic mass is 16.5. The van der Waals surface area contributed by atoms with Crippen LogP contribution < -0.4 is 0 Å². The maximum atomic E-state index is 5.32. The van der Waals surface area contributed by atoms with E-state index in [0.717, 1.165) is 6.61 Å². The maximum absolute atomic E-state index is 5.32. The van der Waals surface area contributed by atoms with Gasteiger partial charge in [-0.05, 0) is 19.3 Å². The van der Waals surface area contributed by atoms with Crippen molar-refractivity contribution >= 4 is 0 Å². The van der Waals surface area contributed by atoms with Gasteiger partial charge in [-0.25, -0.2) is 0 Å². The summed E-state index contributed by atoms with van der Waals surface area (Å²) in [5.74, 6) is 0. The molecule has 2 heteroatoms. The van der Waals surface area contributed by atoms with E-state index in [-0.39, 0.29) is 0 Å². The van der Waals surface area contributed by atoms with Crippen molar-refractivity contribution in [3.05, 3.63) is 0 Å². The van der Waals surface area contributed by atoms with Crippen LogP contribution in [0.25, 0.3) is 0 Å². The largest absolute Gasteiger partial charge is 0.379 e. The summed E-state index contributed by atoms with van der Waals surface area (Å²) in [6, 6.07) is 0. The van der Waals surface area contributed by atoms with Crippen LogP contribution in [0.2, 0.25) is 0 Å². The molecule has 104 valence electrons. The number of hydrogen-bond donors (Lipinski definition) is 0. The van der Waals surface area contributed by atoms with Crippen LogP contribution in [-0.2, 0) is 4.74 Å². The molecule has 0 fully saturated rings. The van der Waals surface area contributed by atoms with Gasteiger partial charge in [0.2, 0.25) is 0 Å². The van der Waals surface area contributed by atoms with Crippen molar-refractivity contribution in [2.75, 3.05) is 39.9 Å². The molecule has 0 spiro atoms. The van der Waals surface area contributed by atoms with Crippen molar-refractivity contribution in [3.8, 4) is 0 Å². The molecule has 17 heavy (non-hydrogen) atoms. The van der Waals surface area contributed by atoms with E-state index in [1.807, 2.05) is 7.11 Å². The Hall–Kier alpha value is -0.0800. The minimum Gasteiger partial charge on any atom is -0.379 e. The molecule has 2 nitrogen and oxygen atoms in total. The average Bonchev–Trinajstić information content (AvgIpc) is 2.37. The summed E-state index contributed by atoms with van der Waals surface area (Å²) in [6.45, 7) is 13.0. The number of nitrogens with zero attached hydrogens (tertiary/aromatic N) is 1. The zero-order valence-corrected chi connectivity index (χ0v) is 12.6. The Morgan fingerprint density at radius 1 is 0.706 bits per heavy atom. The fourth-order valence-corrected chi connectivity index (χ4v) is 2.44. The summed E-state index contributed by atoms with van der Waals surface area (Å²) in [6.07, 6.45) is 8.01. The Labute approximate surface area is 109 Å². The molecule has 0 rings (SSSR count). The standard InChI is InChI=1S/C15H34NO/c1-5-8-11-16(12-9-6-2,13-10-7-3)14-15-17-4/h5-15H2,1-4H3/q+1. The highest BCUT2D eigenvalue weighted by Gasteiger charge is 2.25. The first-order chi connectivity index (χ1) is 8.24. The monoisotopic (exact) mass is 244 g/mol. The lowest BCUT2D eigenvalue weighted by atomic mass is 10.1. The van der Waals surface area contributed by atoms with E-state index in [4.69, 9.17) is 4.74 Å². The zero-order valence-electron chi connectivity index (χ0n) is 12.6. The molecule has 0 aliphatic rings. The lowest BCUT2D eigenvalue weighted by Gasteiger charge is -2.39. The van der Waals surface area contributed by atoms with Crippen molar-refractivity contribution in [2.24, 2.45) is 0 Å². The Kier molecular flexibility index (Phi) is 11.0. The van der Waals surface area contributed by atoms with E-state index < -0.39 is 0 Å². The second-order valence-electron chi connectivity index (χ2n) is 5.29. The summed E-state index contributed by atoms with van der Waals surface area (Å²) in [4.78, 5) is 0. The highest BCUT2D eigenvalue weighted by molar-refractivity contribution is 4.48. The molecular formula is C15H34NO+. The molecule has 0 heterocycles. The number of quaternary nitrogens is 1. The molecule has 0 aromatic carbocycles. The molecule has 0 bridgehead atoms. The normalized spacial score (nSPS) is 12.0. The predicted molar refractivity (Wildman–Crippen MR) is 76.3 cm³/mol. The van der Waals surface area contributed by atoms with Gasteiger partial charge < -0.3 is 9.22 Å². The second kappa shape index (κ2) is 11.0. The number of ether oxygens (including phenoxy) is 1. The van der Waals surface area contributed by atoms with Crippen molar-refractivity contribution in [1.29, 1.82) is 0 Å². The molecule has 0 aromatic rings. The van der Waals surface area contributed by atoms with Gasteiger partial charge in [0, 0.05) is 7.11 Å². The van der Waals surface area contributed by atoms with Gasteiger partial charge in [0.25, 0.3) is 0 Å². The smallest absolute Gasteiger partial charge is 0.102 e. The fourth-order valence-electron chi connectivity index (χ4n) is 2.44. The van der Waals surface area contributed by atoms with Crippen LogP contribution >= 0.6 is 0 Å². The third kappa shape index (κ3) is 7.77. The van der Waals surface area contributed by atoms with E-state index in [1.165, 1.54) is 69.2 Å². The number of unbranched alkanes of at least 4 members (excludes halogenated alkanes) is 3. The molecule has 0 saturated heterocycles. The summed E-state index contributed by atoms with van der Waals surface area (Å²) in [7, 11) is 1.83. The first-order valence-electron chi connectivity index (χ1n) is 7.58. The van der Waals surface area contributed by atoms with Crippen LogP contribution in [0.15, 0.2) is 0 Å². The van der Waals surface area contributed by atoms with Crippen molar-refractivity contribution in [2.45, 2.75) is 59.3 Å². The third-order valence-electron chi connectivity index (χ3n) is 3.73. The van der Waals surface area contributed by atoms with Gasteiger partial charge in [0.1, 0.15) is 6.54 Å². The van der Waals surface area contributed by atoms with Gasteiger partial charge >= 0.3 is 0 Å². The predicted octanol–water partition coefficient (Wildman–Crippen LogP) is 3.85. The van der Waals surface area contributed by atoms with Crippen LogP contribution in [0.3, 0.4) is 0 Å². The number of rotatable bonds is 12. The van der Waals surface area contributed by atoms with Crippen molar-refractivity contribution in [1.82, 2.24) is 0 Å². The highest BCUT2D eigenvalue weighted by Crippen LogP contribution is 2.14. The summed E-state index contributed by atoms with van der Waals surface area (Å²) >= 11 is 0. The van der Waals surface area contributed by atoms with E-state index in [0.29, 0.717) is 0 Å².